The molecule has 3 heteroatoms. The fourth-order valence-corrected chi connectivity index (χ4v) is 1.64. The van der Waals surface area contributed by atoms with Crippen molar-refractivity contribution in [2.45, 2.75) is 19.7 Å². The molecule has 66 valence electrons. The van der Waals surface area contributed by atoms with Gasteiger partial charge in [-0.2, -0.15) is 0 Å². The standard InChI is InChI=1S/C9H14N2O/c1-10-6-8-2-3-9-7-12-5-4-11(8)9/h2-3,10H,4-7H2,1H3. The van der Waals surface area contributed by atoms with E-state index in [0.717, 1.165) is 26.3 Å². The molecule has 1 aromatic rings. The molecule has 1 aliphatic rings. The molecule has 0 atom stereocenters. The lowest BCUT2D eigenvalue weighted by Gasteiger charge is -2.18. The number of nitrogens with zero attached hydrogens (tertiary/aromatic N) is 1. The number of fused-ring (bicyclic) bond motifs is 1. The van der Waals surface area contributed by atoms with Gasteiger partial charge in [-0.3, -0.25) is 0 Å². The van der Waals surface area contributed by atoms with Crippen molar-refractivity contribution in [1.29, 1.82) is 0 Å². The molecule has 1 aromatic heterocycles. The van der Waals surface area contributed by atoms with Crippen molar-refractivity contribution in [2.75, 3.05) is 13.7 Å². The molecule has 0 fully saturated rings. The summed E-state index contributed by atoms with van der Waals surface area (Å²) < 4.78 is 7.68. The van der Waals surface area contributed by atoms with Gasteiger partial charge >= 0.3 is 0 Å². The van der Waals surface area contributed by atoms with Crippen LogP contribution in [0.3, 0.4) is 0 Å². The SMILES string of the molecule is CNCc1ccc2n1CCOC2. The summed E-state index contributed by atoms with van der Waals surface area (Å²) in [7, 11) is 1.97. The predicted molar refractivity (Wildman–Crippen MR) is 46.9 cm³/mol. The van der Waals surface area contributed by atoms with Crippen molar-refractivity contribution in [1.82, 2.24) is 9.88 Å². The number of aromatic nitrogens is 1. The number of hydrogen-bond donors (Lipinski definition) is 1. The highest BCUT2D eigenvalue weighted by molar-refractivity contribution is 5.16. The zero-order valence-electron chi connectivity index (χ0n) is 7.34. The summed E-state index contributed by atoms with van der Waals surface area (Å²) in [5.41, 5.74) is 2.65. The van der Waals surface area contributed by atoms with Crippen LogP contribution >= 0.6 is 0 Å². The molecular weight excluding hydrogens is 152 g/mol. The van der Waals surface area contributed by atoms with Crippen LogP contribution in [0.4, 0.5) is 0 Å². The van der Waals surface area contributed by atoms with Crippen LogP contribution in [0, 0.1) is 0 Å². The van der Waals surface area contributed by atoms with Gasteiger partial charge in [0, 0.05) is 24.5 Å². The highest BCUT2D eigenvalue weighted by Gasteiger charge is 2.11. The molecule has 1 N–H and O–H groups in total. The molecule has 0 amide bonds. The fraction of sp³-hybridized carbons (Fsp3) is 0.556. The van der Waals surface area contributed by atoms with Crippen molar-refractivity contribution in [3.63, 3.8) is 0 Å². The van der Waals surface area contributed by atoms with E-state index in [1.165, 1.54) is 11.4 Å². The molecule has 2 rings (SSSR count). The van der Waals surface area contributed by atoms with E-state index < -0.39 is 0 Å². The highest BCUT2D eigenvalue weighted by atomic mass is 16.5. The van der Waals surface area contributed by atoms with Crippen LogP contribution in [0.15, 0.2) is 12.1 Å². The van der Waals surface area contributed by atoms with Crippen LogP contribution in [-0.4, -0.2) is 18.2 Å². The molecule has 0 aliphatic carbocycles. The Bertz CT molecular complexity index is 267. The van der Waals surface area contributed by atoms with Crippen LogP contribution in [0.5, 0.6) is 0 Å². The summed E-state index contributed by atoms with van der Waals surface area (Å²) >= 11 is 0. The van der Waals surface area contributed by atoms with Crippen LogP contribution in [-0.2, 0) is 24.4 Å². The van der Waals surface area contributed by atoms with Crippen molar-refractivity contribution >= 4 is 0 Å². The third kappa shape index (κ3) is 1.26. The van der Waals surface area contributed by atoms with Gasteiger partial charge in [0.1, 0.15) is 0 Å². The topological polar surface area (TPSA) is 26.2 Å². The molecule has 0 saturated carbocycles. The van der Waals surface area contributed by atoms with Crippen molar-refractivity contribution < 1.29 is 4.74 Å². The average molecular weight is 166 g/mol. The Labute approximate surface area is 72.3 Å². The maximum Gasteiger partial charge on any atom is 0.0868 e. The first-order valence-corrected chi connectivity index (χ1v) is 4.31. The Kier molecular flexibility index (Phi) is 2.15. The van der Waals surface area contributed by atoms with E-state index in [1.54, 1.807) is 0 Å². The molecule has 0 unspecified atom stereocenters. The van der Waals surface area contributed by atoms with Gasteiger partial charge in [-0.25, -0.2) is 0 Å². The Hall–Kier alpha value is -0.800. The average Bonchev–Trinajstić information content (AvgIpc) is 2.50. The number of hydrogen-bond acceptors (Lipinski definition) is 2. The van der Waals surface area contributed by atoms with Crippen molar-refractivity contribution in [2.24, 2.45) is 0 Å². The van der Waals surface area contributed by atoms with Gasteiger partial charge in [0.15, 0.2) is 0 Å². The zero-order chi connectivity index (χ0) is 8.39. The monoisotopic (exact) mass is 166 g/mol. The second-order valence-corrected chi connectivity index (χ2v) is 3.05. The van der Waals surface area contributed by atoms with Crippen molar-refractivity contribution in [3.8, 4) is 0 Å². The minimum absolute atomic E-state index is 0.768. The minimum Gasteiger partial charge on any atom is -0.373 e. The predicted octanol–water partition coefficient (Wildman–Crippen LogP) is 0.738. The molecule has 0 saturated heterocycles. The Balaban J connectivity index is 2.25. The largest absolute Gasteiger partial charge is 0.373 e. The maximum atomic E-state index is 5.35. The number of nitrogens with one attached hydrogen (secondary N) is 1. The lowest BCUT2D eigenvalue weighted by atomic mass is 10.4. The van der Waals surface area contributed by atoms with Gasteiger partial charge in [0.05, 0.1) is 13.2 Å². The lowest BCUT2D eigenvalue weighted by molar-refractivity contribution is 0.0839. The van der Waals surface area contributed by atoms with Gasteiger partial charge in [0.25, 0.3) is 0 Å². The zero-order valence-corrected chi connectivity index (χ0v) is 7.34. The maximum absolute atomic E-state index is 5.35. The molecule has 1 aliphatic heterocycles. The molecule has 12 heavy (non-hydrogen) atoms. The highest BCUT2D eigenvalue weighted by Crippen LogP contribution is 2.14. The molecular formula is C9H14N2O. The molecule has 0 aromatic carbocycles. The van der Waals surface area contributed by atoms with Gasteiger partial charge in [-0.15, -0.1) is 0 Å². The smallest absolute Gasteiger partial charge is 0.0868 e. The quantitative estimate of drug-likeness (QED) is 0.701. The molecule has 2 heterocycles. The van der Waals surface area contributed by atoms with Crippen LogP contribution in [0.1, 0.15) is 11.4 Å². The third-order valence-corrected chi connectivity index (χ3v) is 2.23. The van der Waals surface area contributed by atoms with Gasteiger partial charge < -0.3 is 14.6 Å². The van der Waals surface area contributed by atoms with E-state index in [0.29, 0.717) is 0 Å². The summed E-state index contributed by atoms with van der Waals surface area (Å²) in [5, 5.41) is 3.16. The molecule has 0 spiro atoms. The summed E-state index contributed by atoms with van der Waals surface area (Å²) in [5.74, 6) is 0. The minimum atomic E-state index is 0.768. The second-order valence-electron chi connectivity index (χ2n) is 3.05. The Morgan fingerprint density at radius 1 is 1.58 bits per heavy atom. The van der Waals surface area contributed by atoms with E-state index in [9.17, 15) is 0 Å². The van der Waals surface area contributed by atoms with Crippen LogP contribution in [0.25, 0.3) is 0 Å². The first-order chi connectivity index (χ1) is 5.92. The first-order valence-electron chi connectivity index (χ1n) is 4.31. The first kappa shape index (κ1) is 7.83. The van der Waals surface area contributed by atoms with E-state index in [4.69, 9.17) is 4.74 Å². The summed E-state index contributed by atoms with van der Waals surface area (Å²) in [6.07, 6.45) is 0. The van der Waals surface area contributed by atoms with Crippen LogP contribution in [0.2, 0.25) is 0 Å². The molecule has 0 bridgehead atoms. The Morgan fingerprint density at radius 3 is 3.33 bits per heavy atom. The molecule has 3 nitrogen and oxygen atoms in total. The number of ether oxygens (including phenoxy) is 1. The second kappa shape index (κ2) is 3.29. The van der Waals surface area contributed by atoms with Crippen molar-refractivity contribution in [3.05, 3.63) is 23.5 Å². The summed E-state index contributed by atoms with van der Waals surface area (Å²) in [6, 6.07) is 4.31. The van der Waals surface area contributed by atoms with Crippen LogP contribution < -0.4 is 5.32 Å². The third-order valence-electron chi connectivity index (χ3n) is 2.23. The van der Waals surface area contributed by atoms with Gasteiger partial charge in [0.2, 0.25) is 0 Å². The summed E-state index contributed by atoms with van der Waals surface area (Å²) in [4.78, 5) is 0. The number of rotatable bonds is 2. The Morgan fingerprint density at radius 2 is 2.50 bits per heavy atom. The van der Waals surface area contributed by atoms with Gasteiger partial charge in [-0.1, -0.05) is 0 Å². The normalized spacial score (nSPS) is 16.1. The van der Waals surface area contributed by atoms with E-state index >= 15 is 0 Å². The molecule has 0 radical (unpaired) electrons. The summed E-state index contributed by atoms with van der Waals surface area (Å²) in [6.45, 7) is 3.56. The van der Waals surface area contributed by atoms with E-state index in [1.807, 2.05) is 7.05 Å². The lowest BCUT2D eigenvalue weighted by Crippen LogP contribution is -2.20. The van der Waals surface area contributed by atoms with E-state index in [-0.39, 0.29) is 0 Å². The fourth-order valence-electron chi connectivity index (χ4n) is 1.64. The van der Waals surface area contributed by atoms with Gasteiger partial charge in [-0.05, 0) is 19.2 Å². The van der Waals surface area contributed by atoms with E-state index in [2.05, 4.69) is 22.0 Å².